The summed E-state index contributed by atoms with van der Waals surface area (Å²) >= 11 is 13.1. The number of hydrogen-bond donors (Lipinski definition) is 0. The maximum Gasteiger partial charge on any atom is 0.270 e. The van der Waals surface area contributed by atoms with E-state index in [-0.39, 0.29) is 5.91 Å². The van der Waals surface area contributed by atoms with Gasteiger partial charge in [-0.1, -0.05) is 47.7 Å². The van der Waals surface area contributed by atoms with E-state index < -0.39 is 0 Å². The highest BCUT2D eigenvalue weighted by Crippen LogP contribution is 2.40. The largest absolute Gasteiger partial charge is 0.490 e. The molecule has 0 spiro atoms. The van der Waals surface area contributed by atoms with E-state index in [4.69, 9.17) is 33.3 Å². The highest BCUT2D eigenvalue weighted by atomic mass is 35.5. The van der Waals surface area contributed by atoms with Gasteiger partial charge in [0.15, 0.2) is 15.8 Å². The fourth-order valence-electron chi connectivity index (χ4n) is 2.83. The molecule has 1 saturated heterocycles. The van der Waals surface area contributed by atoms with Crippen LogP contribution in [0.1, 0.15) is 25.0 Å². The minimum absolute atomic E-state index is 0.149. The molecule has 0 aromatic heterocycles. The molecule has 4 nitrogen and oxygen atoms in total. The molecular formula is C21H20ClNO3S2. The molecular weight excluding hydrogens is 414 g/mol. The Morgan fingerprint density at radius 2 is 1.93 bits per heavy atom. The van der Waals surface area contributed by atoms with Crippen molar-refractivity contribution >= 4 is 57.6 Å². The smallest absolute Gasteiger partial charge is 0.270 e. The number of thiocarbonyl (C=S) groups is 1. The predicted octanol–water partition coefficient (Wildman–Crippen LogP) is 5.85. The monoisotopic (exact) mass is 433 g/mol. The van der Waals surface area contributed by atoms with Crippen molar-refractivity contribution in [3.8, 4) is 11.5 Å². The number of carbonyl (C=O) groups excluding carboxylic acids is 1. The molecule has 0 atom stereocenters. The minimum atomic E-state index is -0.149. The standard InChI is InChI=1S/C21H20ClNO3S2/c1-4-25-17-11-14(10-16(22)19(17)26-5-2)12-18-20(24)23(21(27)28-18)15-8-6-7-13(3)9-15/h6-12H,4-5H2,1-3H3/b18-12-. The maximum atomic E-state index is 13.0. The van der Waals surface area contributed by atoms with Gasteiger partial charge in [-0.2, -0.15) is 0 Å². The summed E-state index contributed by atoms with van der Waals surface area (Å²) in [5.74, 6) is 0.913. The van der Waals surface area contributed by atoms with Crippen molar-refractivity contribution in [3.05, 3.63) is 57.5 Å². The Bertz CT molecular complexity index is 959. The summed E-state index contributed by atoms with van der Waals surface area (Å²) in [6.45, 7) is 6.72. The fourth-order valence-corrected chi connectivity index (χ4v) is 4.40. The molecule has 2 aromatic rings. The van der Waals surface area contributed by atoms with Gasteiger partial charge >= 0.3 is 0 Å². The van der Waals surface area contributed by atoms with E-state index in [1.807, 2.05) is 51.1 Å². The Kier molecular flexibility index (Phi) is 6.65. The summed E-state index contributed by atoms with van der Waals surface area (Å²) in [7, 11) is 0. The van der Waals surface area contributed by atoms with Gasteiger partial charge in [-0.15, -0.1) is 0 Å². The van der Waals surface area contributed by atoms with Crippen molar-refractivity contribution in [1.82, 2.24) is 0 Å². The van der Waals surface area contributed by atoms with E-state index >= 15 is 0 Å². The van der Waals surface area contributed by atoms with Gasteiger partial charge in [0.05, 0.1) is 28.8 Å². The molecule has 0 bridgehead atoms. The number of anilines is 1. The first-order valence-electron chi connectivity index (χ1n) is 8.88. The van der Waals surface area contributed by atoms with Gasteiger partial charge in [-0.25, -0.2) is 0 Å². The molecule has 0 aliphatic carbocycles. The van der Waals surface area contributed by atoms with Crippen molar-refractivity contribution in [2.24, 2.45) is 0 Å². The molecule has 1 aliphatic rings. The average molecular weight is 434 g/mol. The number of hydrogen-bond acceptors (Lipinski definition) is 5. The zero-order chi connectivity index (χ0) is 20.3. The van der Waals surface area contributed by atoms with Crippen LogP contribution >= 0.6 is 35.6 Å². The molecule has 1 heterocycles. The Hall–Kier alpha value is -2.02. The van der Waals surface area contributed by atoms with E-state index in [9.17, 15) is 4.79 Å². The van der Waals surface area contributed by atoms with Crippen molar-refractivity contribution in [2.45, 2.75) is 20.8 Å². The Morgan fingerprint density at radius 1 is 1.18 bits per heavy atom. The van der Waals surface area contributed by atoms with Gasteiger partial charge in [0.1, 0.15) is 0 Å². The third-order valence-electron chi connectivity index (χ3n) is 3.97. The van der Waals surface area contributed by atoms with Gasteiger partial charge in [0, 0.05) is 0 Å². The van der Waals surface area contributed by atoms with Crippen LogP contribution in [-0.2, 0) is 4.79 Å². The average Bonchev–Trinajstić information content (AvgIpc) is 2.91. The SMILES string of the molecule is CCOc1cc(/C=C2\SC(=S)N(c3cccc(C)c3)C2=O)cc(Cl)c1OCC. The number of ether oxygens (including phenoxy) is 2. The highest BCUT2D eigenvalue weighted by molar-refractivity contribution is 8.27. The van der Waals surface area contributed by atoms with Crippen LogP contribution in [0.15, 0.2) is 41.3 Å². The van der Waals surface area contributed by atoms with E-state index in [0.717, 1.165) is 16.8 Å². The molecule has 1 fully saturated rings. The van der Waals surface area contributed by atoms with Crippen LogP contribution in [0.5, 0.6) is 11.5 Å². The van der Waals surface area contributed by atoms with Crippen LogP contribution in [-0.4, -0.2) is 23.4 Å². The number of rotatable bonds is 6. The summed E-state index contributed by atoms with van der Waals surface area (Å²) in [4.78, 5) is 15.0. The van der Waals surface area contributed by atoms with E-state index in [2.05, 4.69) is 0 Å². The number of halogens is 1. The maximum absolute atomic E-state index is 13.0. The Balaban J connectivity index is 1.95. The van der Waals surface area contributed by atoms with Gasteiger partial charge in [-0.05, 0) is 62.2 Å². The molecule has 7 heteroatoms. The molecule has 0 radical (unpaired) electrons. The molecule has 2 aromatic carbocycles. The lowest BCUT2D eigenvalue weighted by atomic mass is 10.1. The molecule has 0 N–H and O–H groups in total. The van der Waals surface area contributed by atoms with Crippen LogP contribution in [0.4, 0.5) is 5.69 Å². The van der Waals surface area contributed by atoms with E-state index in [0.29, 0.717) is 39.0 Å². The number of benzene rings is 2. The topological polar surface area (TPSA) is 38.8 Å². The lowest BCUT2D eigenvalue weighted by Crippen LogP contribution is -2.27. The quantitative estimate of drug-likeness (QED) is 0.422. The first kappa shape index (κ1) is 20.7. The second-order valence-electron chi connectivity index (χ2n) is 6.05. The number of aryl methyl sites for hydroxylation is 1. The first-order valence-corrected chi connectivity index (χ1v) is 10.5. The van der Waals surface area contributed by atoms with Crippen LogP contribution in [0.25, 0.3) is 6.08 Å². The van der Waals surface area contributed by atoms with Crippen LogP contribution in [0.2, 0.25) is 5.02 Å². The van der Waals surface area contributed by atoms with Crippen LogP contribution in [0.3, 0.4) is 0 Å². The van der Waals surface area contributed by atoms with Crippen molar-refractivity contribution in [1.29, 1.82) is 0 Å². The Labute approximate surface area is 179 Å². The number of amides is 1. The van der Waals surface area contributed by atoms with Crippen LogP contribution in [0, 0.1) is 6.92 Å². The summed E-state index contributed by atoms with van der Waals surface area (Å²) in [6, 6.07) is 11.3. The fraction of sp³-hybridized carbons (Fsp3) is 0.238. The molecule has 0 unspecified atom stereocenters. The van der Waals surface area contributed by atoms with E-state index in [1.54, 1.807) is 17.0 Å². The zero-order valence-electron chi connectivity index (χ0n) is 15.8. The van der Waals surface area contributed by atoms with Gasteiger partial charge in [-0.3, -0.25) is 9.69 Å². The zero-order valence-corrected chi connectivity index (χ0v) is 18.2. The van der Waals surface area contributed by atoms with Gasteiger partial charge < -0.3 is 9.47 Å². The third kappa shape index (κ3) is 4.35. The van der Waals surface area contributed by atoms with Crippen molar-refractivity contribution in [2.75, 3.05) is 18.1 Å². The first-order chi connectivity index (χ1) is 13.4. The predicted molar refractivity (Wildman–Crippen MR) is 121 cm³/mol. The van der Waals surface area contributed by atoms with Crippen LogP contribution < -0.4 is 14.4 Å². The lowest BCUT2D eigenvalue weighted by Gasteiger charge is -2.15. The summed E-state index contributed by atoms with van der Waals surface area (Å²) in [6.07, 6.45) is 1.78. The van der Waals surface area contributed by atoms with Gasteiger partial charge in [0.2, 0.25) is 0 Å². The molecule has 0 saturated carbocycles. The lowest BCUT2D eigenvalue weighted by molar-refractivity contribution is -0.113. The summed E-state index contributed by atoms with van der Waals surface area (Å²) < 4.78 is 11.8. The molecule has 3 rings (SSSR count). The van der Waals surface area contributed by atoms with Crippen molar-refractivity contribution < 1.29 is 14.3 Å². The number of nitrogens with zero attached hydrogens (tertiary/aromatic N) is 1. The molecule has 28 heavy (non-hydrogen) atoms. The van der Waals surface area contributed by atoms with E-state index in [1.165, 1.54) is 11.8 Å². The minimum Gasteiger partial charge on any atom is -0.490 e. The van der Waals surface area contributed by atoms with Crippen molar-refractivity contribution in [3.63, 3.8) is 0 Å². The number of thioether (sulfide) groups is 1. The third-order valence-corrected chi connectivity index (χ3v) is 5.55. The molecule has 146 valence electrons. The second-order valence-corrected chi connectivity index (χ2v) is 8.14. The molecule has 1 aliphatic heterocycles. The Morgan fingerprint density at radius 3 is 2.61 bits per heavy atom. The summed E-state index contributed by atoms with van der Waals surface area (Å²) in [5.41, 5.74) is 2.59. The number of carbonyl (C=O) groups is 1. The highest BCUT2D eigenvalue weighted by Gasteiger charge is 2.33. The summed E-state index contributed by atoms with van der Waals surface area (Å²) in [5, 5.41) is 0.438. The van der Waals surface area contributed by atoms with Gasteiger partial charge in [0.25, 0.3) is 5.91 Å². The molecule has 1 amide bonds. The normalized spacial score (nSPS) is 15.4. The second kappa shape index (κ2) is 8.99.